The van der Waals surface area contributed by atoms with Crippen LogP contribution < -0.4 is 14.8 Å². The average molecular weight is 309 g/mol. The normalized spacial score (nSPS) is 11.7. The van der Waals surface area contributed by atoms with Crippen molar-refractivity contribution in [3.05, 3.63) is 23.8 Å². The number of hydrogen-bond donors (Lipinski definition) is 1. The molecule has 1 N–H and O–H groups in total. The van der Waals surface area contributed by atoms with Gasteiger partial charge in [0, 0.05) is 6.07 Å². The molecule has 1 aromatic rings. The zero-order valence-corrected chi connectivity index (χ0v) is 13.6. The molecule has 22 heavy (non-hydrogen) atoms. The number of amides is 1. The van der Waals surface area contributed by atoms with E-state index in [1.807, 2.05) is 13.8 Å². The van der Waals surface area contributed by atoms with Crippen LogP contribution in [0.15, 0.2) is 18.2 Å². The first-order valence-electron chi connectivity index (χ1n) is 7.03. The van der Waals surface area contributed by atoms with Crippen molar-refractivity contribution in [2.45, 2.75) is 26.3 Å². The lowest BCUT2D eigenvalue weighted by Crippen LogP contribution is -2.42. The molecule has 0 aliphatic heterocycles. The first kappa shape index (κ1) is 17.8. The maximum Gasteiger partial charge on any atom is 0.328 e. The van der Waals surface area contributed by atoms with Crippen molar-refractivity contribution in [1.82, 2.24) is 5.32 Å². The molecule has 122 valence electrons. The Morgan fingerprint density at radius 1 is 1.14 bits per heavy atom. The summed E-state index contributed by atoms with van der Waals surface area (Å²) >= 11 is 0. The zero-order valence-electron chi connectivity index (χ0n) is 13.6. The SMILES string of the molecule is COC(=O)C(CC(C)C)NC(=O)c1ccc(OC)cc1OC. The molecule has 1 amide bonds. The van der Waals surface area contributed by atoms with E-state index in [4.69, 9.17) is 14.2 Å². The van der Waals surface area contributed by atoms with Gasteiger partial charge in [-0.1, -0.05) is 13.8 Å². The number of ether oxygens (including phenoxy) is 3. The summed E-state index contributed by atoms with van der Waals surface area (Å²) < 4.78 is 15.0. The van der Waals surface area contributed by atoms with E-state index in [2.05, 4.69) is 5.32 Å². The lowest BCUT2D eigenvalue weighted by molar-refractivity contribution is -0.143. The Balaban J connectivity index is 2.96. The second kappa shape index (κ2) is 8.26. The van der Waals surface area contributed by atoms with Crippen molar-refractivity contribution in [3.8, 4) is 11.5 Å². The van der Waals surface area contributed by atoms with Gasteiger partial charge in [0.25, 0.3) is 5.91 Å². The predicted molar refractivity (Wildman–Crippen MR) is 82.3 cm³/mol. The molecular weight excluding hydrogens is 286 g/mol. The Morgan fingerprint density at radius 2 is 1.82 bits per heavy atom. The van der Waals surface area contributed by atoms with E-state index in [-0.39, 0.29) is 5.92 Å². The van der Waals surface area contributed by atoms with E-state index in [1.54, 1.807) is 18.2 Å². The molecule has 0 aromatic heterocycles. The van der Waals surface area contributed by atoms with Gasteiger partial charge in [-0.2, -0.15) is 0 Å². The topological polar surface area (TPSA) is 73.9 Å². The van der Waals surface area contributed by atoms with Crippen LogP contribution in [0.5, 0.6) is 11.5 Å². The van der Waals surface area contributed by atoms with E-state index in [9.17, 15) is 9.59 Å². The third-order valence-electron chi connectivity index (χ3n) is 3.15. The summed E-state index contributed by atoms with van der Waals surface area (Å²) in [6.45, 7) is 3.94. The minimum Gasteiger partial charge on any atom is -0.497 e. The highest BCUT2D eigenvalue weighted by Gasteiger charge is 2.24. The fourth-order valence-electron chi connectivity index (χ4n) is 2.05. The van der Waals surface area contributed by atoms with E-state index < -0.39 is 17.9 Å². The van der Waals surface area contributed by atoms with Crippen LogP contribution in [0.1, 0.15) is 30.6 Å². The van der Waals surface area contributed by atoms with Crippen LogP contribution in [0, 0.1) is 5.92 Å². The molecule has 1 aromatic carbocycles. The van der Waals surface area contributed by atoms with Gasteiger partial charge >= 0.3 is 5.97 Å². The monoisotopic (exact) mass is 309 g/mol. The average Bonchev–Trinajstić information content (AvgIpc) is 2.52. The third kappa shape index (κ3) is 4.65. The second-order valence-corrected chi connectivity index (χ2v) is 5.24. The summed E-state index contributed by atoms with van der Waals surface area (Å²) in [5, 5.41) is 2.69. The van der Waals surface area contributed by atoms with E-state index >= 15 is 0 Å². The highest BCUT2D eigenvalue weighted by Crippen LogP contribution is 2.24. The molecule has 0 aliphatic rings. The Labute approximate surface area is 130 Å². The molecule has 0 bridgehead atoms. The van der Waals surface area contributed by atoms with Crippen LogP contribution in [0.3, 0.4) is 0 Å². The van der Waals surface area contributed by atoms with Gasteiger partial charge in [0.2, 0.25) is 0 Å². The lowest BCUT2D eigenvalue weighted by atomic mass is 10.0. The molecule has 0 saturated heterocycles. The van der Waals surface area contributed by atoms with Crippen molar-refractivity contribution in [3.63, 3.8) is 0 Å². The Morgan fingerprint density at radius 3 is 2.32 bits per heavy atom. The van der Waals surface area contributed by atoms with E-state index in [0.29, 0.717) is 23.5 Å². The zero-order chi connectivity index (χ0) is 16.7. The maximum absolute atomic E-state index is 12.4. The van der Waals surface area contributed by atoms with Gasteiger partial charge < -0.3 is 19.5 Å². The summed E-state index contributed by atoms with van der Waals surface area (Å²) in [5.41, 5.74) is 0.334. The molecule has 1 unspecified atom stereocenters. The minimum atomic E-state index is -0.690. The van der Waals surface area contributed by atoms with Crippen molar-refractivity contribution in [1.29, 1.82) is 0 Å². The molecule has 0 radical (unpaired) electrons. The summed E-state index contributed by atoms with van der Waals surface area (Å²) in [6, 6.07) is 4.18. The number of esters is 1. The number of methoxy groups -OCH3 is 3. The smallest absolute Gasteiger partial charge is 0.328 e. The Kier molecular flexibility index (Phi) is 6.69. The van der Waals surface area contributed by atoms with Gasteiger partial charge in [-0.25, -0.2) is 4.79 Å². The number of nitrogens with one attached hydrogen (secondary N) is 1. The van der Waals surface area contributed by atoms with Crippen LogP contribution in [-0.4, -0.2) is 39.2 Å². The summed E-state index contributed by atoms with van der Waals surface area (Å²) in [5.74, 6) is 0.345. The van der Waals surface area contributed by atoms with Crippen LogP contribution in [0.2, 0.25) is 0 Å². The summed E-state index contributed by atoms with van der Waals surface area (Å²) in [7, 11) is 4.30. The molecular formula is C16H23NO5. The minimum absolute atomic E-state index is 0.238. The Bertz CT molecular complexity index is 527. The molecule has 6 nitrogen and oxygen atoms in total. The number of hydrogen-bond acceptors (Lipinski definition) is 5. The molecule has 0 heterocycles. The van der Waals surface area contributed by atoms with Gasteiger partial charge in [-0.15, -0.1) is 0 Å². The van der Waals surface area contributed by atoms with E-state index in [0.717, 1.165) is 0 Å². The highest BCUT2D eigenvalue weighted by atomic mass is 16.5. The molecule has 0 aliphatic carbocycles. The number of rotatable bonds is 7. The number of carbonyl (C=O) groups excluding carboxylic acids is 2. The van der Waals surface area contributed by atoms with Crippen molar-refractivity contribution in [2.75, 3.05) is 21.3 Å². The van der Waals surface area contributed by atoms with Gasteiger partial charge in [0.1, 0.15) is 17.5 Å². The highest BCUT2D eigenvalue weighted by molar-refractivity contribution is 5.99. The molecule has 1 rings (SSSR count). The van der Waals surface area contributed by atoms with Crippen molar-refractivity contribution >= 4 is 11.9 Å². The fraction of sp³-hybridized carbons (Fsp3) is 0.500. The van der Waals surface area contributed by atoms with Crippen LogP contribution in [0.25, 0.3) is 0 Å². The first-order chi connectivity index (χ1) is 10.4. The summed E-state index contributed by atoms with van der Waals surface area (Å²) in [6.07, 6.45) is 0.497. The van der Waals surface area contributed by atoms with Gasteiger partial charge in [-0.3, -0.25) is 4.79 Å². The summed E-state index contributed by atoms with van der Waals surface area (Å²) in [4.78, 5) is 24.2. The van der Waals surface area contributed by atoms with Crippen molar-refractivity contribution in [2.24, 2.45) is 5.92 Å². The quantitative estimate of drug-likeness (QED) is 0.780. The van der Waals surface area contributed by atoms with E-state index in [1.165, 1.54) is 21.3 Å². The number of carbonyl (C=O) groups is 2. The molecule has 6 heteroatoms. The van der Waals surface area contributed by atoms with Crippen LogP contribution in [0.4, 0.5) is 0 Å². The Hall–Kier alpha value is -2.24. The van der Waals surface area contributed by atoms with Gasteiger partial charge in [-0.05, 0) is 24.5 Å². The third-order valence-corrected chi connectivity index (χ3v) is 3.15. The second-order valence-electron chi connectivity index (χ2n) is 5.24. The van der Waals surface area contributed by atoms with Crippen LogP contribution in [-0.2, 0) is 9.53 Å². The largest absolute Gasteiger partial charge is 0.497 e. The molecule has 0 spiro atoms. The van der Waals surface area contributed by atoms with Crippen molar-refractivity contribution < 1.29 is 23.8 Å². The lowest BCUT2D eigenvalue weighted by Gasteiger charge is -2.19. The predicted octanol–water partition coefficient (Wildman–Crippen LogP) is 2.02. The standard InChI is InChI=1S/C16H23NO5/c1-10(2)8-13(16(19)22-5)17-15(18)12-7-6-11(20-3)9-14(12)21-4/h6-7,9-10,13H,8H2,1-5H3,(H,17,18). The molecule has 0 saturated carbocycles. The molecule has 1 atom stereocenters. The molecule has 0 fully saturated rings. The number of benzene rings is 1. The van der Waals surface area contributed by atoms with Gasteiger partial charge in [0.15, 0.2) is 0 Å². The van der Waals surface area contributed by atoms with Gasteiger partial charge in [0.05, 0.1) is 26.9 Å². The maximum atomic E-state index is 12.4. The van der Waals surface area contributed by atoms with Crippen LogP contribution >= 0.6 is 0 Å². The first-order valence-corrected chi connectivity index (χ1v) is 7.03. The fourth-order valence-corrected chi connectivity index (χ4v) is 2.05.